The number of benzene rings is 1. The summed E-state index contributed by atoms with van der Waals surface area (Å²) in [6, 6.07) is 9.57. The van der Waals surface area contributed by atoms with Crippen LogP contribution in [0.4, 0.5) is 0 Å². The first-order valence-corrected chi connectivity index (χ1v) is 14.5. The molecular weight excluding hydrogens is 506 g/mol. The Morgan fingerprint density at radius 2 is 1.68 bits per heavy atom. The Labute approximate surface area is 223 Å². The normalized spacial score (nSPS) is 18.1. The average Bonchev–Trinajstić information content (AvgIpc) is 3.76. The van der Waals surface area contributed by atoms with Crippen LogP contribution in [0.3, 0.4) is 0 Å². The number of ether oxygens (including phenoxy) is 1. The molecule has 0 spiro atoms. The van der Waals surface area contributed by atoms with E-state index in [0.717, 1.165) is 18.4 Å². The molecule has 2 N–H and O–H groups in total. The fourth-order valence-corrected chi connectivity index (χ4v) is 6.16. The number of hydrogen-bond donors (Lipinski definition) is 2. The molecule has 0 amide bonds. The van der Waals surface area contributed by atoms with E-state index in [2.05, 4.69) is 4.98 Å². The molecule has 4 rings (SSSR count). The second-order valence-electron chi connectivity index (χ2n) is 10.7. The van der Waals surface area contributed by atoms with E-state index in [1.54, 1.807) is 30.3 Å². The highest BCUT2D eigenvalue weighted by molar-refractivity contribution is 7.92. The van der Waals surface area contributed by atoms with Gasteiger partial charge in [0.2, 0.25) is 0 Å². The maximum absolute atomic E-state index is 13.4. The SMILES string of the molecule is CC(C)(O)C(O)c1ccc(C(=O)CCC(=O)C(C=C2CCOCC2)c2ccc(S(=O)(=O)C3CC3)cc2)nc1. The Balaban J connectivity index is 1.47. The molecule has 2 atom stereocenters. The minimum Gasteiger partial charge on any atom is -0.387 e. The standard InChI is InChI=1S/C29H35NO7S/c1-29(2,34)28(33)21-5-10-25(30-18-21)27(32)12-11-26(31)24(17-19-13-15-37-16-14-19)20-3-6-22(7-4-20)38(35,36)23-8-9-23/h3-7,10,17-18,23-24,28,33-34H,8-9,11-16H2,1-2H3. The largest absolute Gasteiger partial charge is 0.387 e. The number of hydrogen-bond acceptors (Lipinski definition) is 8. The van der Waals surface area contributed by atoms with Gasteiger partial charge in [-0.3, -0.25) is 14.6 Å². The number of aliphatic hydroxyl groups excluding tert-OH is 1. The zero-order chi connectivity index (χ0) is 27.5. The Kier molecular flexibility index (Phi) is 8.62. The first kappa shape index (κ1) is 28.3. The molecule has 9 heteroatoms. The number of aromatic nitrogens is 1. The number of carbonyl (C=O) groups is 2. The van der Waals surface area contributed by atoms with Gasteiger partial charge in [0.25, 0.3) is 0 Å². The molecule has 1 saturated heterocycles. The molecule has 1 aromatic heterocycles. The maximum atomic E-state index is 13.4. The van der Waals surface area contributed by atoms with E-state index in [1.165, 1.54) is 26.1 Å². The van der Waals surface area contributed by atoms with Crippen LogP contribution in [-0.2, 0) is 19.4 Å². The molecule has 204 valence electrons. The smallest absolute Gasteiger partial charge is 0.181 e. The summed E-state index contributed by atoms with van der Waals surface area (Å²) in [6.45, 7) is 4.14. The van der Waals surface area contributed by atoms with Crippen molar-refractivity contribution >= 4 is 21.4 Å². The fraction of sp³-hybridized carbons (Fsp3) is 0.483. The molecule has 1 aliphatic carbocycles. The molecule has 1 saturated carbocycles. The van der Waals surface area contributed by atoms with Gasteiger partial charge in [-0.2, -0.15) is 0 Å². The van der Waals surface area contributed by atoms with Gasteiger partial charge in [0.1, 0.15) is 17.6 Å². The Morgan fingerprint density at radius 1 is 1.05 bits per heavy atom. The molecule has 1 aliphatic heterocycles. The van der Waals surface area contributed by atoms with Gasteiger partial charge in [0.05, 0.1) is 34.9 Å². The number of sulfone groups is 1. The molecular formula is C29H35NO7S. The third-order valence-electron chi connectivity index (χ3n) is 7.07. The van der Waals surface area contributed by atoms with Crippen LogP contribution < -0.4 is 0 Å². The first-order valence-electron chi connectivity index (χ1n) is 13.0. The van der Waals surface area contributed by atoms with Crippen LogP contribution in [0.1, 0.15) is 86.0 Å². The van der Waals surface area contributed by atoms with Gasteiger partial charge in [-0.15, -0.1) is 0 Å². The number of nitrogens with zero attached hydrogens (tertiary/aromatic N) is 1. The van der Waals surface area contributed by atoms with Crippen LogP contribution in [0.25, 0.3) is 0 Å². The number of Topliss-reactive ketones (excluding diaryl/α,β-unsaturated/α-hetero) is 2. The minimum atomic E-state index is -3.32. The van der Waals surface area contributed by atoms with E-state index in [9.17, 15) is 28.2 Å². The zero-order valence-corrected chi connectivity index (χ0v) is 22.6. The Morgan fingerprint density at radius 3 is 2.24 bits per heavy atom. The van der Waals surface area contributed by atoms with E-state index in [-0.39, 0.29) is 40.2 Å². The first-order chi connectivity index (χ1) is 18.0. The monoisotopic (exact) mass is 541 g/mol. The highest BCUT2D eigenvalue weighted by Gasteiger charge is 2.37. The quantitative estimate of drug-likeness (QED) is 0.324. The number of ketones is 2. The average molecular weight is 542 g/mol. The van der Waals surface area contributed by atoms with Crippen molar-refractivity contribution in [1.29, 1.82) is 0 Å². The second-order valence-corrected chi connectivity index (χ2v) is 12.9. The van der Waals surface area contributed by atoms with Crippen molar-refractivity contribution in [2.24, 2.45) is 0 Å². The summed E-state index contributed by atoms with van der Waals surface area (Å²) in [4.78, 5) is 30.6. The predicted octanol–water partition coefficient (Wildman–Crippen LogP) is 3.87. The lowest BCUT2D eigenvalue weighted by Crippen LogP contribution is -2.28. The molecule has 0 bridgehead atoms. The third-order valence-corrected chi connectivity index (χ3v) is 9.35. The summed E-state index contributed by atoms with van der Waals surface area (Å²) in [5, 5.41) is 19.9. The Bertz CT molecular complexity index is 1280. The summed E-state index contributed by atoms with van der Waals surface area (Å²) in [5.74, 6) is -1.03. The summed E-state index contributed by atoms with van der Waals surface area (Å²) in [6.07, 6.45) is 4.93. The van der Waals surface area contributed by atoms with E-state index in [0.29, 0.717) is 37.2 Å². The minimum absolute atomic E-state index is 0.00162. The molecule has 2 aromatic rings. The molecule has 1 aromatic carbocycles. The second kappa shape index (κ2) is 11.6. The van der Waals surface area contributed by atoms with E-state index in [1.807, 2.05) is 6.08 Å². The fourth-order valence-electron chi connectivity index (χ4n) is 4.51. The van der Waals surface area contributed by atoms with Crippen molar-refractivity contribution in [3.8, 4) is 0 Å². The van der Waals surface area contributed by atoms with Crippen molar-refractivity contribution in [2.45, 2.75) is 80.1 Å². The van der Waals surface area contributed by atoms with Gasteiger partial charge >= 0.3 is 0 Å². The van der Waals surface area contributed by atoms with E-state index >= 15 is 0 Å². The third kappa shape index (κ3) is 6.83. The van der Waals surface area contributed by atoms with Crippen LogP contribution in [0.2, 0.25) is 0 Å². The van der Waals surface area contributed by atoms with Crippen LogP contribution in [0.15, 0.2) is 59.1 Å². The van der Waals surface area contributed by atoms with Gasteiger partial charge in [0, 0.05) is 24.6 Å². The van der Waals surface area contributed by atoms with Gasteiger partial charge in [-0.05, 0) is 63.3 Å². The van der Waals surface area contributed by atoms with E-state index < -0.39 is 27.5 Å². The number of allylic oxidation sites excluding steroid dienone is 1. The molecule has 2 unspecified atom stereocenters. The van der Waals surface area contributed by atoms with Crippen molar-refractivity contribution in [1.82, 2.24) is 4.98 Å². The summed E-state index contributed by atoms with van der Waals surface area (Å²) in [7, 11) is -3.32. The van der Waals surface area contributed by atoms with Crippen LogP contribution >= 0.6 is 0 Å². The molecule has 2 heterocycles. The number of rotatable bonds is 11. The lowest BCUT2D eigenvalue weighted by molar-refractivity contribution is -0.119. The van der Waals surface area contributed by atoms with E-state index in [4.69, 9.17) is 4.74 Å². The maximum Gasteiger partial charge on any atom is 0.181 e. The lowest BCUT2D eigenvalue weighted by atomic mass is 9.88. The molecule has 38 heavy (non-hydrogen) atoms. The molecule has 0 radical (unpaired) electrons. The van der Waals surface area contributed by atoms with Crippen molar-refractivity contribution in [3.63, 3.8) is 0 Å². The van der Waals surface area contributed by atoms with Gasteiger partial charge < -0.3 is 14.9 Å². The topological polar surface area (TPSA) is 131 Å². The van der Waals surface area contributed by atoms with Crippen molar-refractivity contribution in [3.05, 3.63) is 71.1 Å². The highest BCUT2D eigenvalue weighted by atomic mass is 32.2. The molecule has 2 aliphatic rings. The van der Waals surface area contributed by atoms with Gasteiger partial charge in [0.15, 0.2) is 15.6 Å². The molecule has 2 fully saturated rings. The highest BCUT2D eigenvalue weighted by Crippen LogP contribution is 2.34. The van der Waals surface area contributed by atoms with Gasteiger partial charge in [-0.1, -0.05) is 29.8 Å². The van der Waals surface area contributed by atoms with Crippen LogP contribution in [0.5, 0.6) is 0 Å². The summed E-state index contributed by atoms with van der Waals surface area (Å²) < 4.78 is 30.6. The number of aliphatic hydroxyl groups is 2. The number of pyridine rings is 1. The number of carbonyl (C=O) groups excluding carboxylic acids is 2. The summed E-state index contributed by atoms with van der Waals surface area (Å²) >= 11 is 0. The van der Waals surface area contributed by atoms with Crippen molar-refractivity contribution < 1.29 is 33.0 Å². The molecule has 8 nitrogen and oxygen atoms in total. The summed E-state index contributed by atoms with van der Waals surface area (Å²) in [5.41, 5.74) is 1.02. The van der Waals surface area contributed by atoms with Gasteiger partial charge in [-0.25, -0.2) is 8.42 Å². The van der Waals surface area contributed by atoms with Crippen LogP contribution in [-0.4, -0.2) is 59.2 Å². The van der Waals surface area contributed by atoms with Crippen LogP contribution in [0, 0.1) is 0 Å². The predicted molar refractivity (Wildman–Crippen MR) is 142 cm³/mol. The Hall–Kier alpha value is -2.72. The van der Waals surface area contributed by atoms with Crippen molar-refractivity contribution in [2.75, 3.05) is 13.2 Å². The lowest BCUT2D eigenvalue weighted by Gasteiger charge is -2.24. The zero-order valence-electron chi connectivity index (χ0n) is 21.8.